The van der Waals surface area contributed by atoms with Crippen LogP contribution in [0.25, 0.3) is 0 Å². The van der Waals surface area contributed by atoms with E-state index in [1.807, 2.05) is 30.3 Å². The van der Waals surface area contributed by atoms with Gasteiger partial charge in [-0.25, -0.2) is 0 Å². The van der Waals surface area contributed by atoms with E-state index in [0.29, 0.717) is 17.4 Å². The predicted octanol–water partition coefficient (Wildman–Crippen LogP) is 1.44. The largest absolute Gasteiger partial charge is 0.480 e. The number of carboxylic acid groups (broad SMARTS) is 1. The van der Waals surface area contributed by atoms with Gasteiger partial charge in [-0.15, -0.1) is 16.8 Å². The maximum Gasteiger partial charge on any atom is 0.325 e. The summed E-state index contributed by atoms with van der Waals surface area (Å²) in [4.78, 5) is 16.3. The molecular formula is C10H11NO3S. The van der Waals surface area contributed by atoms with E-state index in [1.165, 1.54) is 5.06 Å². The quantitative estimate of drug-likeness (QED) is 0.843. The SMILES string of the molecule is O=C(O)[C@@H]1CSCN1Oc1ccccc1. The lowest BCUT2D eigenvalue weighted by molar-refractivity contribution is -0.153. The number of carboxylic acids is 1. The lowest BCUT2D eigenvalue weighted by Crippen LogP contribution is -2.39. The van der Waals surface area contributed by atoms with E-state index in [9.17, 15) is 4.79 Å². The van der Waals surface area contributed by atoms with E-state index < -0.39 is 12.0 Å². The van der Waals surface area contributed by atoms with Crippen LogP contribution in [0.5, 0.6) is 5.75 Å². The van der Waals surface area contributed by atoms with Gasteiger partial charge < -0.3 is 9.94 Å². The number of hydroxylamine groups is 2. The number of hydrogen-bond donors (Lipinski definition) is 1. The molecule has 0 aliphatic carbocycles. The molecule has 2 rings (SSSR count). The van der Waals surface area contributed by atoms with Crippen molar-refractivity contribution in [2.45, 2.75) is 6.04 Å². The second-order valence-corrected chi connectivity index (χ2v) is 4.18. The van der Waals surface area contributed by atoms with Crippen molar-refractivity contribution in [1.29, 1.82) is 0 Å². The first-order chi connectivity index (χ1) is 7.27. The Morgan fingerprint density at radius 3 is 2.87 bits per heavy atom. The van der Waals surface area contributed by atoms with Crippen LogP contribution in [0.2, 0.25) is 0 Å². The number of carbonyl (C=O) groups is 1. The summed E-state index contributed by atoms with van der Waals surface area (Å²) in [6.07, 6.45) is 0. The molecule has 0 aromatic heterocycles. The van der Waals surface area contributed by atoms with Crippen LogP contribution in [0, 0.1) is 0 Å². The zero-order valence-electron chi connectivity index (χ0n) is 8.00. The summed E-state index contributed by atoms with van der Waals surface area (Å²) in [6, 6.07) is 8.67. The fourth-order valence-corrected chi connectivity index (χ4v) is 2.38. The summed E-state index contributed by atoms with van der Waals surface area (Å²) in [7, 11) is 0. The number of nitrogens with zero attached hydrogens (tertiary/aromatic N) is 1. The molecule has 1 aromatic carbocycles. The van der Waals surface area contributed by atoms with Crippen LogP contribution in [0.4, 0.5) is 0 Å². The summed E-state index contributed by atoms with van der Waals surface area (Å²) >= 11 is 1.56. The lowest BCUT2D eigenvalue weighted by atomic mass is 10.3. The molecular weight excluding hydrogens is 214 g/mol. The van der Waals surface area contributed by atoms with Gasteiger partial charge in [-0.1, -0.05) is 18.2 Å². The predicted molar refractivity (Wildman–Crippen MR) is 57.7 cm³/mol. The highest BCUT2D eigenvalue weighted by atomic mass is 32.2. The second kappa shape index (κ2) is 4.55. The fourth-order valence-electron chi connectivity index (χ4n) is 1.33. The summed E-state index contributed by atoms with van der Waals surface area (Å²) in [5.41, 5.74) is 0. The third-order valence-electron chi connectivity index (χ3n) is 2.09. The standard InChI is InChI=1S/C10H11NO3S/c12-10(13)9-6-15-7-11(9)14-8-4-2-1-3-5-8/h1-5,9H,6-7H2,(H,12,13)/t9-/m0/s1. The van der Waals surface area contributed by atoms with Gasteiger partial charge in [-0.2, -0.15) is 0 Å². The topological polar surface area (TPSA) is 49.8 Å². The van der Waals surface area contributed by atoms with E-state index in [-0.39, 0.29) is 0 Å². The van der Waals surface area contributed by atoms with E-state index in [2.05, 4.69) is 0 Å². The molecule has 1 aromatic rings. The summed E-state index contributed by atoms with van der Waals surface area (Å²) < 4.78 is 0. The smallest absolute Gasteiger partial charge is 0.325 e. The molecule has 1 aliphatic rings. The van der Waals surface area contributed by atoms with Gasteiger partial charge >= 0.3 is 5.97 Å². The molecule has 4 nitrogen and oxygen atoms in total. The van der Waals surface area contributed by atoms with Crippen LogP contribution < -0.4 is 4.84 Å². The van der Waals surface area contributed by atoms with Gasteiger partial charge in [0.25, 0.3) is 0 Å². The third-order valence-corrected chi connectivity index (χ3v) is 3.08. The molecule has 1 N–H and O–H groups in total. The minimum Gasteiger partial charge on any atom is -0.480 e. The van der Waals surface area contributed by atoms with E-state index in [1.54, 1.807) is 11.8 Å². The number of benzene rings is 1. The molecule has 0 spiro atoms. The molecule has 0 saturated carbocycles. The summed E-state index contributed by atoms with van der Waals surface area (Å²) in [5, 5.41) is 10.4. The molecule has 15 heavy (non-hydrogen) atoms. The molecule has 1 fully saturated rings. The highest BCUT2D eigenvalue weighted by Crippen LogP contribution is 2.23. The maximum atomic E-state index is 10.9. The van der Waals surface area contributed by atoms with Gasteiger partial charge in [-0.05, 0) is 12.1 Å². The number of para-hydroxylation sites is 1. The first kappa shape index (κ1) is 10.3. The highest BCUT2D eigenvalue weighted by molar-refractivity contribution is 7.99. The fraction of sp³-hybridized carbons (Fsp3) is 0.300. The van der Waals surface area contributed by atoms with E-state index >= 15 is 0 Å². The Kier molecular flexibility index (Phi) is 3.13. The number of rotatable bonds is 3. The van der Waals surface area contributed by atoms with Gasteiger partial charge in [-0.3, -0.25) is 4.79 Å². The Morgan fingerprint density at radius 2 is 2.20 bits per heavy atom. The minimum absolute atomic E-state index is 0.546. The molecule has 0 radical (unpaired) electrons. The first-order valence-corrected chi connectivity index (χ1v) is 5.73. The van der Waals surface area contributed by atoms with Gasteiger partial charge in [0.05, 0.1) is 5.88 Å². The number of hydrogen-bond acceptors (Lipinski definition) is 4. The van der Waals surface area contributed by atoms with Crippen molar-refractivity contribution in [2.75, 3.05) is 11.6 Å². The van der Waals surface area contributed by atoms with Crippen LogP contribution in [0.1, 0.15) is 0 Å². The van der Waals surface area contributed by atoms with Crippen molar-refractivity contribution in [3.8, 4) is 5.75 Å². The Labute approximate surface area is 91.8 Å². The Morgan fingerprint density at radius 1 is 1.47 bits per heavy atom. The Hall–Kier alpha value is -1.20. The van der Waals surface area contributed by atoms with Crippen molar-refractivity contribution in [3.63, 3.8) is 0 Å². The number of aliphatic carboxylic acids is 1. The minimum atomic E-state index is -0.837. The summed E-state index contributed by atoms with van der Waals surface area (Å²) in [6.45, 7) is 0. The van der Waals surface area contributed by atoms with Gasteiger partial charge in [0, 0.05) is 5.75 Å². The normalized spacial score (nSPS) is 21.5. The zero-order valence-corrected chi connectivity index (χ0v) is 8.81. The maximum absolute atomic E-state index is 10.9. The molecule has 1 heterocycles. The Balaban J connectivity index is 2.03. The summed E-state index contributed by atoms with van der Waals surface area (Å²) in [5.74, 6) is 0.996. The van der Waals surface area contributed by atoms with Crippen molar-refractivity contribution < 1.29 is 14.7 Å². The second-order valence-electron chi connectivity index (χ2n) is 3.18. The number of thioether (sulfide) groups is 1. The molecule has 80 valence electrons. The van der Waals surface area contributed by atoms with Crippen LogP contribution in [0.3, 0.4) is 0 Å². The van der Waals surface area contributed by atoms with Gasteiger partial charge in [0.15, 0.2) is 6.04 Å². The highest BCUT2D eigenvalue weighted by Gasteiger charge is 2.32. The van der Waals surface area contributed by atoms with Crippen LogP contribution >= 0.6 is 11.8 Å². The average molecular weight is 225 g/mol. The van der Waals surface area contributed by atoms with Crippen LogP contribution in [-0.4, -0.2) is 33.8 Å². The van der Waals surface area contributed by atoms with Crippen molar-refractivity contribution in [3.05, 3.63) is 30.3 Å². The monoisotopic (exact) mass is 225 g/mol. The molecule has 5 heteroatoms. The van der Waals surface area contributed by atoms with Gasteiger partial charge in [0.2, 0.25) is 0 Å². The van der Waals surface area contributed by atoms with E-state index in [4.69, 9.17) is 9.94 Å². The molecule has 1 aliphatic heterocycles. The molecule has 0 unspecified atom stereocenters. The van der Waals surface area contributed by atoms with Crippen molar-refractivity contribution in [1.82, 2.24) is 5.06 Å². The molecule has 1 atom stereocenters. The van der Waals surface area contributed by atoms with Crippen molar-refractivity contribution >= 4 is 17.7 Å². The average Bonchev–Trinajstić information content (AvgIpc) is 2.67. The molecule has 0 amide bonds. The van der Waals surface area contributed by atoms with Crippen molar-refractivity contribution in [2.24, 2.45) is 0 Å². The Bertz CT molecular complexity index is 344. The molecule has 1 saturated heterocycles. The van der Waals surface area contributed by atoms with Crippen LogP contribution in [0.15, 0.2) is 30.3 Å². The molecule has 0 bridgehead atoms. The lowest BCUT2D eigenvalue weighted by Gasteiger charge is -2.20. The van der Waals surface area contributed by atoms with Gasteiger partial charge in [0.1, 0.15) is 5.75 Å². The zero-order chi connectivity index (χ0) is 10.7. The first-order valence-electron chi connectivity index (χ1n) is 4.57. The third kappa shape index (κ3) is 2.43. The van der Waals surface area contributed by atoms with E-state index in [0.717, 1.165) is 0 Å². The van der Waals surface area contributed by atoms with Crippen LogP contribution in [-0.2, 0) is 4.79 Å².